The van der Waals surface area contributed by atoms with Crippen LogP contribution >= 0.6 is 0 Å². The van der Waals surface area contributed by atoms with E-state index in [0.717, 1.165) is 5.56 Å². The smallest absolute Gasteiger partial charge is 0.223 e. The van der Waals surface area contributed by atoms with Gasteiger partial charge in [0.2, 0.25) is 5.91 Å². The summed E-state index contributed by atoms with van der Waals surface area (Å²) in [5.41, 5.74) is 1.23. The molecule has 2 aromatic carbocycles. The fourth-order valence-electron chi connectivity index (χ4n) is 3.14. The molecular formula is C20H18FNO2. The number of carbonyl (C=O) groups excluding carboxylic acids is 1. The molecule has 1 N–H and O–H groups in total. The van der Waals surface area contributed by atoms with E-state index < -0.39 is 18.0 Å². The number of carbonyl (C=O) groups is 1. The summed E-state index contributed by atoms with van der Waals surface area (Å²) in [6.07, 6.45) is -0.713. The highest BCUT2D eigenvalue weighted by molar-refractivity contribution is 5.80. The number of benzene rings is 2. The van der Waals surface area contributed by atoms with E-state index in [1.807, 2.05) is 30.3 Å². The molecule has 1 heterocycles. The molecule has 1 saturated heterocycles. The van der Waals surface area contributed by atoms with Gasteiger partial charge in [-0.05, 0) is 17.7 Å². The Morgan fingerprint density at radius 2 is 1.83 bits per heavy atom. The van der Waals surface area contributed by atoms with Crippen molar-refractivity contribution in [1.82, 2.24) is 4.90 Å². The topological polar surface area (TPSA) is 40.5 Å². The van der Waals surface area contributed by atoms with Crippen molar-refractivity contribution in [3.8, 4) is 11.8 Å². The van der Waals surface area contributed by atoms with Crippen LogP contribution in [0.25, 0.3) is 0 Å². The maximum Gasteiger partial charge on any atom is 0.223 e. The summed E-state index contributed by atoms with van der Waals surface area (Å²) in [5.74, 6) is 4.81. The number of likely N-dealkylation sites (N-methyl/N-ethyl adjacent to an activating group) is 1. The summed E-state index contributed by atoms with van der Waals surface area (Å²) in [7, 11) is 1.67. The molecule has 2 aromatic rings. The Hall–Kier alpha value is -2.64. The lowest BCUT2D eigenvalue weighted by Gasteiger charge is -2.27. The SMILES string of the molecule is CN1C(=O)C[C@H](c2ccccc2)[C@@H]1[C@@H](O)C#Cc1ccccc1F. The fourth-order valence-corrected chi connectivity index (χ4v) is 3.14. The number of rotatable bonds is 2. The van der Waals surface area contributed by atoms with Crippen LogP contribution in [0.1, 0.15) is 23.5 Å². The molecule has 0 spiro atoms. The first-order chi connectivity index (χ1) is 11.6. The Bertz CT molecular complexity index is 794. The predicted octanol–water partition coefficient (Wildman–Crippen LogP) is 2.55. The van der Waals surface area contributed by atoms with E-state index in [1.165, 1.54) is 6.07 Å². The van der Waals surface area contributed by atoms with Crippen LogP contribution in [0.2, 0.25) is 0 Å². The Morgan fingerprint density at radius 1 is 1.17 bits per heavy atom. The van der Waals surface area contributed by atoms with Gasteiger partial charge in [-0.3, -0.25) is 4.79 Å². The zero-order valence-electron chi connectivity index (χ0n) is 13.3. The van der Waals surface area contributed by atoms with Crippen molar-refractivity contribution in [2.45, 2.75) is 24.5 Å². The lowest BCUT2D eigenvalue weighted by atomic mass is 9.88. The third kappa shape index (κ3) is 3.17. The quantitative estimate of drug-likeness (QED) is 0.863. The predicted molar refractivity (Wildman–Crippen MR) is 89.6 cm³/mol. The highest BCUT2D eigenvalue weighted by atomic mass is 19.1. The zero-order chi connectivity index (χ0) is 17.1. The summed E-state index contributed by atoms with van der Waals surface area (Å²) < 4.78 is 13.6. The summed E-state index contributed by atoms with van der Waals surface area (Å²) in [5, 5.41) is 10.5. The molecule has 0 bridgehead atoms. The fraction of sp³-hybridized carbons (Fsp3) is 0.250. The molecule has 122 valence electrons. The van der Waals surface area contributed by atoms with Gasteiger partial charge >= 0.3 is 0 Å². The minimum absolute atomic E-state index is 0.0272. The normalized spacial score (nSPS) is 21.3. The van der Waals surface area contributed by atoms with Crippen molar-refractivity contribution in [1.29, 1.82) is 0 Å². The van der Waals surface area contributed by atoms with Gasteiger partial charge in [-0.25, -0.2) is 4.39 Å². The molecular weight excluding hydrogens is 305 g/mol. The number of nitrogens with zero attached hydrogens (tertiary/aromatic N) is 1. The number of hydrogen-bond donors (Lipinski definition) is 1. The third-order valence-electron chi connectivity index (χ3n) is 4.43. The number of amides is 1. The standard InChI is InChI=1S/C20H18FNO2/c1-22-19(24)13-16(14-7-3-2-4-8-14)20(22)18(23)12-11-15-9-5-6-10-17(15)21/h2-10,16,18,20,23H,13H2,1H3/t16-,18+,20-/m1/s1. The summed E-state index contributed by atoms with van der Waals surface area (Å²) >= 11 is 0. The molecule has 1 aliphatic heterocycles. The molecule has 3 rings (SSSR count). The minimum atomic E-state index is -1.05. The monoisotopic (exact) mass is 323 g/mol. The number of likely N-dealkylation sites (tertiary alicyclic amines) is 1. The van der Waals surface area contributed by atoms with Crippen molar-refractivity contribution in [3.63, 3.8) is 0 Å². The molecule has 1 amide bonds. The molecule has 4 heteroatoms. The van der Waals surface area contributed by atoms with Crippen LogP contribution in [0.15, 0.2) is 54.6 Å². The van der Waals surface area contributed by atoms with E-state index in [0.29, 0.717) is 6.42 Å². The molecule has 0 aromatic heterocycles. The van der Waals surface area contributed by atoms with Crippen molar-refractivity contribution in [2.75, 3.05) is 7.05 Å². The van der Waals surface area contributed by atoms with Gasteiger partial charge in [0.05, 0.1) is 11.6 Å². The van der Waals surface area contributed by atoms with Gasteiger partial charge in [-0.2, -0.15) is 0 Å². The van der Waals surface area contributed by atoms with Crippen LogP contribution in [0.3, 0.4) is 0 Å². The lowest BCUT2D eigenvalue weighted by molar-refractivity contribution is -0.128. The van der Waals surface area contributed by atoms with Gasteiger partial charge in [0.25, 0.3) is 0 Å². The van der Waals surface area contributed by atoms with E-state index in [1.54, 1.807) is 30.1 Å². The third-order valence-corrected chi connectivity index (χ3v) is 4.43. The summed E-state index contributed by atoms with van der Waals surface area (Å²) in [6.45, 7) is 0. The summed E-state index contributed by atoms with van der Waals surface area (Å²) in [4.78, 5) is 13.6. The van der Waals surface area contributed by atoms with E-state index in [-0.39, 0.29) is 17.4 Å². The Balaban J connectivity index is 1.88. The van der Waals surface area contributed by atoms with Crippen molar-refractivity contribution >= 4 is 5.91 Å². The van der Waals surface area contributed by atoms with E-state index in [9.17, 15) is 14.3 Å². The molecule has 1 fully saturated rings. The van der Waals surface area contributed by atoms with Gasteiger partial charge in [0.1, 0.15) is 11.9 Å². The number of halogens is 1. The molecule has 0 saturated carbocycles. The largest absolute Gasteiger partial charge is 0.378 e. The molecule has 3 atom stereocenters. The van der Waals surface area contributed by atoms with Crippen LogP contribution in [0, 0.1) is 17.7 Å². The second kappa shape index (κ2) is 6.86. The highest BCUT2D eigenvalue weighted by Gasteiger charge is 2.41. The van der Waals surface area contributed by atoms with Crippen molar-refractivity contribution in [2.24, 2.45) is 0 Å². The van der Waals surface area contributed by atoms with Crippen LogP contribution in [-0.2, 0) is 4.79 Å². The minimum Gasteiger partial charge on any atom is -0.378 e. The van der Waals surface area contributed by atoms with Crippen LogP contribution in [-0.4, -0.2) is 35.1 Å². The molecule has 0 radical (unpaired) electrons. The van der Waals surface area contributed by atoms with Crippen LogP contribution < -0.4 is 0 Å². The molecule has 0 unspecified atom stereocenters. The molecule has 1 aliphatic rings. The number of aliphatic hydroxyl groups is 1. The lowest BCUT2D eigenvalue weighted by Crippen LogP contribution is -2.40. The molecule has 0 aliphatic carbocycles. The maximum absolute atomic E-state index is 13.6. The van der Waals surface area contributed by atoms with E-state index >= 15 is 0 Å². The first-order valence-electron chi connectivity index (χ1n) is 7.82. The second-order valence-electron chi connectivity index (χ2n) is 5.91. The molecule has 24 heavy (non-hydrogen) atoms. The number of aliphatic hydroxyl groups excluding tert-OH is 1. The average Bonchev–Trinajstić information content (AvgIpc) is 2.90. The maximum atomic E-state index is 13.6. The Morgan fingerprint density at radius 3 is 2.54 bits per heavy atom. The highest BCUT2D eigenvalue weighted by Crippen LogP contribution is 2.35. The van der Waals surface area contributed by atoms with E-state index in [2.05, 4.69) is 11.8 Å². The van der Waals surface area contributed by atoms with Gasteiger partial charge in [-0.1, -0.05) is 54.3 Å². The van der Waals surface area contributed by atoms with Crippen LogP contribution in [0.4, 0.5) is 4.39 Å². The van der Waals surface area contributed by atoms with Crippen LogP contribution in [0.5, 0.6) is 0 Å². The Labute approximate surface area is 140 Å². The first kappa shape index (κ1) is 16.2. The second-order valence-corrected chi connectivity index (χ2v) is 5.91. The first-order valence-corrected chi connectivity index (χ1v) is 7.82. The average molecular weight is 323 g/mol. The van der Waals surface area contributed by atoms with E-state index in [4.69, 9.17) is 0 Å². The van der Waals surface area contributed by atoms with Gasteiger partial charge in [-0.15, -0.1) is 0 Å². The van der Waals surface area contributed by atoms with Crippen molar-refractivity contribution in [3.05, 3.63) is 71.5 Å². The van der Waals surface area contributed by atoms with Gasteiger partial charge < -0.3 is 10.0 Å². The van der Waals surface area contributed by atoms with Gasteiger partial charge in [0.15, 0.2) is 0 Å². The summed E-state index contributed by atoms with van der Waals surface area (Å²) in [6, 6.07) is 15.3. The molecule has 3 nitrogen and oxygen atoms in total. The van der Waals surface area contributed by atoms with Gasteiger partial charge in [0, 0.05) is 19.4 Å². The Kier molecular flexibility index (Phi) is 4.64. The zero-order valence-corrected chi connectivity index (χ0v) is 13.3. The number of hydrogen-bond acceptors (Lipinski definition) is 2. The van der Waals surface area contributed by atoms with Crippen molar-refractivity contribution < 1.29 is 14.3 Å².